The van der Waals surface area contributed by atoms with Gasteiger partial charge in [-0.25, -0.2) is 48.4 Å². The second kappa shape index (κ2) is 25.5. The largest absolute Gasteiger partial charge is 0.400 e. The van der Waals surface area contributed by atoms with Crippen LogP contribution in [0.5, 0.6) is 0 Å². The number of anilines is 2. The van der Waals surface area contributed by atoms with Crippen LogP contribution >= 0.6 is 8.45 Å². The summed E-state index contributed by atoms with van der Waals surface area (Å²) < 4.78 is 73.4. The molecule has 2 aliphatic heterocycles. The maximum atomic E-state index is 16.5. The zero-order valence-corrected chi connectivity index (χ0v) is 40.5. The number of alkyl halides is 2. The molecule has 0 aliphatic carbocycles. The number of amides is 2. The highest BCUT2D eigenvalue weighted by atomic mass is 31.2. The number of fused-ring (bicyclic) bond motifs is 2. The number of carbonyl (C=O) groups excluding carboxylic acids is 2. The lowest BCUT2D eigenvalue weighted by molar-refractivity contribution is -0.148. The highest BCUT2D eigenvalue weighted by molar-refractivity contribution is 7.47. The number of hydrogen-bond acceptors (Lipinski definition) is 17. The van der Waals surface area contributed by atoms with Crippen LogP contribution in [0.25, 0.3) is 22.3 Å². The van der Waals surface area contributed by atoms with Gasteiger partial charge in [-0.05, 0) is 65.8 Å². The average molecular weight is 998 g/mol. The number of nitrogens with one attached hydrogen (secondary N) is 3. The van der Waals surface area contributed by atoms with E-state index in [1.807, 2.05) is 13.0 Å². The molecule has 6 aromatic rings. The van der Waals surface area contributed by atoms with Crippen molar-refractivity contribution < 1.29 is 53.8 Å². The second-order valence-electron chi connectivity index (χ2n) is 16.4. The summed E-state index contributed by atoms with van der Waals surface area (Å²) in [5.41, 5.74) is 2.19. The highest BCUT2D eigenvalue weighted by Crippen LogP contribution is 2.46. The van der Waals surface area contributed by atoms with Crippen LogP contribution in [0.1, 0.15) is 75.7 Å². The number of carbonyl (C=O) groups is 2. The van der Waals surface area contributed by atoms with Crippen molar-refractivity contribution in [1.82, 2.24) is 48.8 Å². The van der Waals surface area contributed by atoms with Gasteiger partial charge in [0.05, 0.1) is 50.7 Å². The topological polar surface area (TPSA) is 258 Å². The number of hydrogen-bond donors (Lipinski definition) is 6. The van der Waals surface area contributed by atoms with Crippen molar-refractivity contribution in [2.24, 2.45) is 0 Å². The van der Waals surface area contributed by atoms with Gasteiger partial charge in [-0.3, -0.25) is 9.59 Å². The van der Waals surface area contributed by atoms with Gasteiger partial charge in [-0.2, -0.15) is 0 Å². The van der Waals surface area contributed by atoms with E-state index in [1.54, 1.807) is 59.2 Å². The third-order valence-electron chi connectivity index (χ3n) is 11.2. The fraction of sp³-hybridized carbons (Fsp3) is 0.478. The molecule has 0 bridgehead atoms. The number of halogens is 2. The van der Waals surface area contributed by atoms with Crippen molar-refractivity contribution in [3.05, 3.63) is 97.1 Å². The lowest BCUT2D eigenvalue weighted by Gasteiger charge is -2.43. The zero-order chi connectivity index (χ0) is 51.9. The lowest BCUT2D eigenvalue weighted by Crippen LogP contribution is -2.50. The van der Waals surface area contributed by atoms with Crippen molar-refractivity contribution in [3.63, 3.8) is 0 Å². The molecule has 9 atom stereocenters. The smallest absolute Gasteiger partial charge is 0.256 e. The van der Waals surface area contributed by atoms with Crippen LogP contribution in [-0.2, 0) is 18.7 Å². The van der Waals surface area contributed by atoms with Crippen molar-refractivity contribution in [3.8, 4) is 0 Å². The van der Waals surface area contributed by atoms with Gasteiger partial charge in [-0.15, -0.1) is 0 Å². The van der Waals surface area contributed by atoms with Gasteiger partial charge in [0, 0.05) is 38.3 Å². The fourth-order valence-corrected chi connectivity index (χ4v) is 9.72. The molecule has 2 saturated heterocycles. The summed E-state index contributed by atoms with van der Waals surface area (Å²) in [6.45, 7) is 10.2. The Balaban J connectivity index is 0.000000237. The molecule has 378 valence electrons. The Bertz CT molecular complexity index is 2620. The van der Waals surface area contributed by atoms with Crippen LogP contribution in [0.4, 0.5) is 20.4 Å². The molecule has 2 aliphatic rings. The van der Waals surface area contributed by atoms with Crippen LogP contribution in [0.3, 0.4) is 0 Å². The third-order valence-corrected chi connectivity index (χ3v) is 13.4. The van der Waals surface area contributed by atoms with Crippen LogP contribution in [0.2, 0.25) is 0 Å². The van der Waals surface area contributed by atoms with E-state index >= 15 is 4.39 Å². The Morgan fingerprint density at radius 1 is 0.857 bits per heavy atom. The Morgan fingerprint density at radius 3 is 1.83 bits per heavy atom. The summed E-state index contributed by atoms with van der Waals surface area (Å²) in [7, 11) is -0.196. The van der Waals surface area contributed by atoms with Crippen molar-refractivity contribution in [2.75, 3.05) is 50.9 Å². The molecule has 21 nitrogen and oxygen atoms in total. The molecular weight excluding hydrogens is 934 g/mol. The first kappa shape index (κ1) is 50.8. The number of aromatic nitrogens is 8. The minimum absolute atomic E-state index is 0.00806. The van der Waals surface area contributed by atoms with E-state index in [1.165, 1.54) is 37.0 Å². The Morgan fingerprint density at radius 2 is 1.36 bits per heavy atom. The monoisotopic (exact) mass is 997 g/mol. The first-order valence-electron chi connectivity index (χ1n) is 23.6. The van der Waals surface area contributed by atoms with Gasteiger partial charge < -0.3 is 53.8 Å². The van der Waals surface area contributed by atoms with Crippen LogP contribution in [0.15, 0.2) is 86.0 Å². The highest BCUT2D eigenvalue weighted by Gasteiger charge is 2.45. The van der Waals surface area contributed by atoms with E-state index in [-0.39, 0.29) is 67.9 Å². The van der Waals surface area contributed by atoms with Crippen molar-refractivity contribution >= 4 is 54.2 Å². The number of ether oxygens (including phenoxy) is 3. The molecule has 4 aromatic heterocycles. The molecule has 70 heavy (non-hydrogen) atoms. The van der Waals surface area contributed by atoms with E-state index in [9.17, 15) is 19.1 Å². The van der Waals surface area contributed by atoms with Crippen LogP contribution in [-0.4, -0.2) is 161 Å². The minimum Gasteiger partial charge on any atom is -0.400 e. The number of nitrogens with zero attached hydrogens (tertiary/aromatic N) is 9. The standard InChI is InChI=1S/C27H39FN7O4P.C18H18FN5O4.CH4O/c1-7-37-16-32-40(35(17(2)3)18(4)5)39-24-19(6)38-13-21(22(24)28)34-15-31-23-25(29-14-30-26(23)34)33-27(36)20-11-9-8-10-12-20;19-13-11(7-28-12(6-25)15(13)26)24-9-22-14-16(20-8-21-17(14)24)23-18(27)10-4-2-1-3-5-10;1-2/h8-12,14-15,17-19,21-22,24,32H,7,13,16H2,1-6H3,(H,29,30,33,36);1-5,8-9,11-13,15,25-26H,6-7H2,(H,20,21,23,27);2H,1H3/i6D;;2T. The van der Waals surface area contributed by atoms with Gasteiger partial charge in [-0.1, -0.05) is 36.4 Å². The number of rotatable bonds is 16. The maximum absolute atomic E-state index is 16.5. The molecule has 9 unspecified atom stereocenters. The molecule has 24 heteroatoms. The summed E-state index contributed by atoms with van der Waals surface area (Å²) in [6.07, 6.45) is -2.06. The first-order chi connectivity index (χ1) is 34.8. The van der Waals surface area contributed by atoms with Crippen molar-refractivity contribution in [1.29, 1.82) is 1.43 Å². The van der Waals surface area contributed by atoms with Gasteiger partial charge in [0.25, 0.3) is 11.8 Å². The van der Waals surface area contributed by atoms with Gasteiger partial charge >= 0.3 is 0 Å². The number of aliphatic hydroxyl groups is 3. The Labute approximate surface area is 407 Å². The van der Waals surface area contributed by atoms with E-state index in [2.05, 4.69) is 83.1 Å². The van der Waals surface area contributed by atoms with Gasteiger partial charge in [0.1, 0.15) is 37.7 Å². The summed E-state index contributed by atoms with van der Waals surface area (Å²) in [5, 5.41) is 31.4. The minimum atomic E-state index is -1.68. The van der Waals surface area contributed by atoms with E-state index in [4.69, 9.17) is 26.6 Å². The Kier molecular flexibility index (Phi) is 18.5. The molecule has 2 amide bonds. The van der Waals surface area contributed by atoms with E-state index in [0.717, 1.165) is 0 Å². The maximum Gasteiger partial charge on any atom is 0.256 e. The Hall–Kier alpha value is -5.59. The number of aliphatic hydroxyl groups excluding tert-OH is 3. The molecule has 6 heterocycles. The van der Waals surface area contributed by atoms with Crippen LogP contribution < -0.4 is 15.7 Å². The molecule has 2 aromatic carbocycles. The molecule has 6 N–H and O–H groups in total. The molecular formula is C46H61F2N12O9P. The third kappa shape index (κ3) is 12.5. The molecule has 0 radical (unpaired) electrons. The normalized spacial score (nSPS) is 23.2. The summed E-state index contributed by atoms with van der Waals surface area (Å²) >= 11 is 0. The van der Waals surface area contributed by atoms with Gasteiger partial charge in [0.2, 0.25) is 1.43 Å². The molecule has 0 saturated carbocycles. The number of benzene rings is 2. The SMILES string of the molecule is O=C(Nc1ncnc2c1ncn2C1COC(CO)C(O)C1F)c1ccccc1.[2H]CC1OCC(n2cnc3c(NC(=O)c4ccccc4)ncnc32)C(F)C1OP(NCOCC)N(C(C)C)C(C)C.[3H]OC. The second-order valence-corrected chi connectivity index (χ2v) is 17.9. The lowest BCUT2D eigenvalue weighted by atomic mass is 9.99. The summed E-state index contributed by atoms with van der Waals surface area (Å²) in [6, 6.07) is 15.9. The van der Waals surface area contributed by atoms with E-state index < -0.39 is 63.9 Å². The summed E-state index contributed by atoms with van der Waals surface area (Å²) in [5.74, 6) is -0.289. The molecule has 8 rings (SSSR count). The predicted molar refractivity (Wildman–Crippen MR) is 257 cm³/mol. The average Bonchev–Trinajstić information content (AvgIpc) is 4.02. The van der Waals surface area contributed by atoms with Gasteiger partial charge in [0.15, 0.2) is 54.8 Å². The first-order valence-corrected chi connectivity index (χ1v) is 23.7. The van der Waals surface area contributed by atoms with Crippen LogP contribution in [0, 0.1) is 0 Å². The predicted octanol–water partition coefficient (Wildman–Crippen LogP) is 5.01. The zero-order valence-electron chi connectivity index (χ0n) is 41.6. The van der Waals surface area contributed by atoms with Crippen molar-refractivity contribution in [2.45, 2.75) is 102 Å². The quantitative estimate of drug-likeness (QED) is 0.0423. The fourth-order valence-electron chi connectivity index (χ4n) is 7.85. The van der Waals surface area contributed by atoms with E-state index in [0.29, 0.717) is 34.5 Å². The summed E-state index contributed by atoms with van der Waals surface area (Å²) in [4.78, 5) is 50.5. The molecule has 0 spiro atoms. The number of imidazole rings is 2. The molecule has 2 fully saturated rings.